The van der Waals surface area contributed by atoms with Crippen LogP contribution in [-0.2, 0) is 14.4 Å². The topological polar surface area (TPSA) is 87.3 Å². The van der Waals surface area contributed by atoms with Gasteiger partial charge in [-0.15, -0.1) is 0 Å². The molecule has 0 spiro atoms. The fourth-order valence-corrected chi connectivity index (χ4v) is 8.17. The molecule has 0 aliphatic heterocycles. The van der Waals surface area contributed by atoms with Crippen LogP contribution in [0.4, 0.5) is 0 Å². The lowest BCUT2D eigenvalue weighted by molar-refractivity contribution is -0.135. The van der Waals surface area contributed by atoms with Gasteiger partial charge in [0.1, 0.15) is 0 Å². The summed E-state index contributed by atoms with van der Waals surface area (Å²) in [5.74, 6) is 0.758. The molecule has 42 heavy (non-hydrogen) atoms. The Bertz CT molecular complexity index is 758. The van der Waals surface area contributed by atoms with Crippen molar-refractivity contribution < 1.29 is 14.4 Å². The van der Waals surface area contributed by atoms with Crippen LogP contribution in [0.15, 0.2) is 0 Å². The molecule has 3 fully saturated rings. The summed E-state index contributed by atoms with van der Waals surface area (Å²) in [4.78, 5) is 40.8. The van der Waals surface area contributed by atoms with Crippen molar-refractivity contribution in [3.05, 3.63) is 0 Å². The first-order valence-corrected chi connectivity index (χ1v) is 18.3. The normalized spacial score (nSPS) is 28.9. The first-order chi connectivity index (χ1) is 20.4. The third kappa shape index (κ3) is 11.8. The summed E-state index contributed by atoms with van der Waals surface area (Å²) in [6, 6.07) is 0.572. The maximum atomic E-state index is 13.8. The third-order valence-corrected chi connectivity index (χ3v) is 10.8. The number of unbranched alkanes of at least 4 members (excludes halogenated alkanes) is 3. The second-order valence-corrected chi connectivity index (χ2v) is 14.1. The average molecular weight is 588 g/mol. The molecule has 0 radical (unpaired) electrons. The molecule has 0 aromatic heterocycles. The van der Waals surface area contributed by atoms with E-state index in [4.69, 9.17) is 0 Å². The van der Waals surface area contributed by atoms with Crippen LogP contribution in [0.25, 0.3) is 0 Å². The number of carbonyl (C=O) groups excluding carboxylic acids is 3. The van der Waals surface area contributed by atoms with Crippen molar-refractivity contribution in [1.29, 1.82) is 0 Å². The Balaban J connectivity index is 1.66. The average Bonchev–Trinajstić information content (AvgIpc) is 2.99. The van der Waals surface area contributed by atoms with Gasteiger partial charge in [-0.05, 0) is 75.5 Å². The third-order valence-electron chi connectivity index (χ3n) is 10.8. The van der Waals surface area contributed by atoms with E-state index in [-0.39, 0.29) is 48.7 Å². The van der Waals surface area contributed by atoms with Gasteiger partial charge in [-0.1, -0.05) is 97.8 Å². The van der Waals surface area contributed by atoms with Crippen LogP contribution in [0, 0.1) is 23.7 Å². The highest BCUT2D eigenvalue weighted by atomic mass is 16.2. The summed E-state index contributed by atoms with van der Waals surface area (Å²) in [6.45, 7) is 6.67. The molecule has 6 unspecified atom stereocenters. The maximum absolute atomic E-state index is 13.8. The molecule has 3 rings (SSSR count). The molecule has 3 aliphatic carbocycles. The lowest BCUT2D eigenvalue weighted by Crippen LogP contribution is -2.48. The van der Waals surface area contributed by atoms with Crippen molar-refractivity contribution in [2.24, 2.45) is 23.7 Å². The van der Waals surface area contributed by atoms with E-state index >= 15 is 0 Å². The predicted molar refractivity (Wildman–Crippen MR) is 173 cm³/mol. The molecule has 3 saturated carbocycles. The van der Waals surface area contributed by atoms with Gasteiger partial charge in [0, 0.05) is 31.0 Å². The van der Waals surface area contributed by atoms with Gasteiger partial charge in [-0.2, -0.15) is 0 Å². The van der Waals surface area contributed by atoms with Crippen molar-refractivity contribution in [1.82, 2.24) is 16.0 Å². The van der Waals surface area contributed by atoms with E-state index in [0.29, 0.717) is 17.8 Å². The highest BCUT2D eigenvalue weighted by Crippen LogP contribution is 2.31. The van der Waals surface area contributed by atoms with Crippen molar-refractivity contribution in [3.8, 4) is 0 Å². The van der Waals surface area contributed by atoms with Gasteiger partial charge in [0.15, 0.2) is 0 Å². The summed E-state index contributed by atoms with van der Waals surface area (Å²) in [5, 5.41) is 10.0. The predicted octanol–water partition coefficient (Wildman–Crippen LogP) is 7.98. The van der Waals surface area contributed by atoms with Crippen LogP contribution >= 0.6 is 0 Å². The van der Waals surface area contributed by atoms with Crippen molar-refractivity contribution in [3.63, 3.8) is 0 Å². The number of nitrogens with one attached hydrogen (secondary N) is 3. The molecule has 242 valence electrons. The summed E-state index contributed by atoms with van der Waals surface area (Å²) >= 11 is 0. The van der Waals surface area contributed by atoms with Gasteiger partial charge in [0.2, 0.25) is 17.7 Å². The minimum absolute atomic E-state index is 0.0546. The molecule has 0 saturated heterocycles. The highest BCUT2D eigenvalue weighted by Gasteiger charge is 2.34. The Kier molecular flexibility index (Phi) is 16.3. The highest BCUT2D eigenvalue weighted by molar-refractivity contribution is 5.90. The van der Waals surface area contributed by atoms with Crippen LogP contribution in [0.1, 0.15) is 168 Å². The Morgan fingerprint density at radius 1 is 0.524 bits per heavy atom. The van der Waals surface area contributed by atoms with Gasteiger partial charge in [0.25, 0.3) is 0 Å². The van der Waals surface area contributed by atoms with E-state index < -0.39 is 5.92 Å². The van der Waals surface area contributed by atoms with E-state index in [0.717, 1.165) is 64.2 Å². The second-order valence-electron chi connectivity index (χ2n) is 14.1. The van der Waals surface area contributed by atoms with E-state index in [1.165, 1.54) is 70.6 Å². The van der Waals surface area contributed by atoms with E-state index in [2.05, 4.69) is 36.7 Å². The van der Waals surface area contributed by atoms with Gasteiger partial charge < -0.3 is 16.0 Å². The zero-order valence-corrected chi connectivity index (χ0v) is 27.5. The summed E-state index contributed by atoms with van der Waals surface area (Å²) in [5.41, 5.74) is 0. The Morgan fingerprint density at radius 3 is 1.21 bits per heavy atom. The molecule has 6 nitrogen and oxygen atoms in total. The fraction of sp³-hybridized carbons (Fsp3) is 0.917. The van der Waals surface area contributed by atoms with Gasteiger partial charge in [0.05, 0.1) is 5.92 Å². The molecule has 6 atom stereocenters. The van der Waals surface area contributed by atoms with Crippen LogP contribution in [0.2, 0.25) is 0 Å². The van der Waals surface area contributed by atoms with Crippen LogP contribution < -0.4 is 16.0 Å². The summed E-state index contributed by atoms with van der Waals surface area (Å²) < 4.78 is 0. The van der Waals surface area contributed by atoms with E-state index in [1.54, 1.807) is 0 Å². The minimum atomic E-state index is -0.617. The first kappa shape index (κ1) is 34.9. The Labute approximate surface area is 258 Å². The first-order valence-electron chi connectivity index (χ1n) is 18.3. The van der Waals surface area contributed by atoms with Gasteiger partial charge in [-0.25, -0.2) is 0 Å². The number of amides is 3. The maximum Gasteiger partial charge on any atom is 0.224 e. The SMILES string of the molecule is CCCCC1CCCCC1NC(=O)CC(CC(=O)NC1CCCCC1CCCC)C(=O)NC1CCCCC1CCCC. The summed E-state index contributed by atoms with van der Waals surface area (Å²) in [7, 11) is 0. The van der Waals surface area contributed by atoms with Crippen LogP contribution in [-0.4, -0.2) is 35.8 Å². The molecule has 3 aliphatic rings. The van der Waals surface area contributed by atoms with Crippen molar-refractivity contribution in [2.45, 2.75) is 187 Å². The lowest BCUT2D eigenvalue weighted by Gasteiger charge is -2.35. The van der Waals surface area contributed by atoms with Crippen LogP contribution in [0.5, 0.6) is 0 Å². The fourth-order valence-electron chi connectivity index (χ4n) is 8.17. The monoisotopic (exact) mass is 588 g/mol. The van der Waals surface area contributed by atoms with Gasteiger partial charge >= 0.3 is 0 Å². The van der Waals surface area contributed by atoms with Gasteiger partial charge in [-0.3, -0.25) is 14.4 Å². The minimum Gasteiger partial charge on any atom is -0.353 e. The smallest absolute Gasteiger partial charge is 0.224 e. The number of rotatable bonds is 17. The largest absolute Gasteiger partial charge is 0.353 e. The van der Waals surface area contributed by atoms with Crippen molar-refractivity contribution in [2.75, 3.05) is 0 Å². The molecule has 6 heteroatoms. The summed E-state index contributed by atoms with van der Waals surface area (Å²) in [6.07, 6.45) is 24.5. The molecule has 0 bridgehead atoms. The molecule has 0 aromatic rings. The molecule has 3 N–H and O–H groups in total. The molecule has 3 amide bonds. The number of carbonyl (C=O) groups is 3. The molecule has 0 aromatic carbocycles. The Morgan fingerprint density at radius 2 is 0.857 bits per heavy atom. The molecular weight excluding hydrogens is 522 g/mol. The molecule has 0 heterocycles. The zero-order valence-electron chi connectivity index (χ0n) is 27.5. The quantitative estimate of drug-likeness (QED) is 0.161. The second kappa shape index (κ2) is 19.6. The van der Waals surface area contributed by atoms with Crippen LogP contribution in [0.3, 0.4) is 0 Å². The van der Waals surface area contributed by atoms with Crippen molar-refractivity contribution >= 4 is 17.7 Å². The zero-order chi connectivity index (χ0) is 30.2. The molecular formula is C36H65N3O3. The lowest BCUT2D eigenvalue weighted by atomic mass is 9.80. The Hall–Kier alpha value is -1.59. The standard InChI is InChI=1S/C36H65N3O3/c1-4-7-16-27-19-10-13-22-31(27)37-34(40)25-30(36(42)39-33-24-15-12-21-29(33)18-9-6-3)26-35(41)38-32-23-14-11-20-28(32)17-8-5-2/h27-33H,4-26H2,1-3H3,(H,37,40)(H,38,41)(H,39,42). The van der Waals surface area contributed by atoms with E-state index in [9.17, 15) is 14.4 Å². The number of hydrogen-bond acceptors (Lipinski definition) is 3. The number of hydrogen-bond donors (Lipinski definition) is 3. The van der Waals surface area contributed by atoms with E-state index in [1.807, 2.05) is 0 Å².